The van der Waals surface area contributed by atoms with E-state index in [1.807, 2.05) is 26.1 Å². The summed E-state index contributed by atoms with van der Waals surface area (Å²) < 4.78 is 5.35. The van der Waals surface area contributed by atoms with Crippen molar-refractivity contribution in [3.05, 3.63) is 29.8 Å². The first kappa shape index (κ1) is 14.7. The van der Waals surface area contributed by atoms with Crippen LogP contribution in [-0.4, -0.2) is 28.2 Å². The number of nitrogens with zero attached hydrogens (tertiary/aromatic N) is 3. The number of rotatable bonds is 4. The van der Waals surface area contributed by atoms with E-state index < -0.39 is 0 Å². The lowest BCUT2D eigenvalue weighted by molar-refractivity contribution is 0.255. The van der Waals surface area contributed by atoms with Crippen LogP contribution in [0.25, 0.3) is 11.5 Å². The molecule has 2 rings (SSSR count). The molecule has 2 aromatic heterocycles. The number of aryl methyl sites for hydroxylation is 1. The molecule has 0 radical (unpaired) electrons. The molecule has 0 aliphatic heterocycles. The Kier molecular flexibility index (Phi) is 4.18. The largest absolute Gasteiger partial charge is 0.339 e. The highest BCUT2D eigenvalue weighted by Gasteiger charge is 2.25. The van der Waals surface area contributed by atoms with E-state index in [9.17, 15) is 0 Å². The second-order valence-electron chi connectivity index (χ2n) is 6.14. The zero-order valence-corrected chi connectivity index (χ0v) is 12.8. The molecule has 1 unspecified atom stereocenters. The Labute approximate surface area is 119 Å². The van der Waals surface area contributed by atoms with Gasteiger partial charge in [-0.2, -0.15) is 4.98 Å². The average molecular weight is 274 g/mol. The van der Waals surface area contributed by atoms with E-state index in [1.54, 1.807) is 6.20 Å². The molecule has 0 bridgehead atoms. The van der Waals surface area contributed by atoms with Gasteiger partial charge in [0.25, 0.3) is 0 Å². The summed E-state index contributed by atoms with van der Waals surface area (Å²) in [5.41, 5.74) is 2.01. The van der Waals surface area contributed by atoms with Crippen molar-refractivity contribution in [3.8, 4) is 11.5 Å². The Balaban J connectivity index is 2.17. The average Bonchev–Trinajstić information content (AvgIpc) is 2.83. The van der Waals surface area contributed by atoms with Crippen molar-refractivity contribution in [2.45, 2.75) is 40.2 Å². The first-order valence-electron chi connectivity index (χ1n) is 6.83. The van der Waals surface area contributed by atoms with Crippen LogP contribution in [-0.2, 0) is 6.42 Å². The van der Waals surface area contributed by atoms with Gasteiger partial charge in [0.2, 0.25) is 11.7 Å². The van der Waals surface area contributed by atoms with Crippen LogP contribution in [0.3, 0.4) is 0 Å². The Morgan fingerprint density at radius 2 is 2.10 bits per heavy atom. The van der Waals surface area contributed by atoms with Crippen molar-refractivity contribution in [2.24, 2.45) is 5.41 Å². The van der Waals surface area contributed by atoms with Crippen LogP contribution in [0.15, 0.2) is 22.9 Å². The summed E-state index contributed by atoms with van der Waals surface area (Å²) in [7, 11) is 1.95. The Hall–Kier alpha value is -1.75. The first-order valence-corrected chi connectivity index (χ1v) is 6.83. The highest BCUT2D eigenvalue weighted by molar-refractivity contribution is 5.48. The molecule has 0 aromatic carbocycles. The third-order valence-corrected chi connectivity index (χ3v) is 3.39. The predicted octanol–water partition coefficient (Wildman–Crippen LogP) is 2.62. The topological polar surface area (TPSA) is 63.8 Å². The van der Waals surface area contributed by atoms with Gasteiger partial charge in [0.05, 0.1) is 0 Å². The van der Waals surface area contributed by atoms with E-state index in [0.29, 0.717) is 18.1 Å². The number of nitrogens with one attached hydrogen (secondary N) is 1. The monoisotopic (exact) mass is 274 g/mol. The maximum absolute atomic E-state index is 5.35. The van der Waals surface area contributed by atoms with Crippen LogP contribution in [0.1, 0.15) is 32.2 Å². The van der Waals surface area contributed by atoms with Crippen molar-refractivity contribution in [3.63, 3.8) is 0 Å². The van der Waals surface area contributed by atoms with E-state index in [-0.39, 0.29) is 11.5 Å². The van der Waals surface area contributed by atoms with Crippen LogP contribution < -0.4 is 5.32 Å². The standard InChI is InChI=1S/C15H22N4O/c1-10-6-7-17-11(8-10)14-18-13(20-19-14)9-12(16-5)15(2,3)4/h6-8,12,16H,9H2,1-5H3. The predicted molar refractivity (Wildman–Crippen MR) is 78.3 cm³/mol. The summed E-state index contributed by atoms with van der Waals surface area (Å²) in [6.45, 7) is 8.58. The molecule has 2 aromatic rings. The van der Waals surface area contributed by atoms with Gasteiger partial charge in [-0.05, 0) is 37.1 Å². The van der Waals surface area contributed by atoms with E-state index in [1.165, 1.54) is 0 Å². The number of hydrogen-bond donors (Lipinski definition) is 1. The Morgan fingerprint density at radius 1 is 1.35 bits per heavy atom. The second kappa shape index (κ2) is 5.71. The third kappa shape index (κ3) is 3.42. The van der Waals surface area contributed by atoms with Crippen LogP contribution in [0.5, 0.6) is 0 Å². The summed E-state index contributed by atoms with van der Waals surface area (Å²) >= 11 is 0. The molecule has 5 nitrogen and oxygen atoms in total. The van der Waals surface area contributed by atoms with Gasteiger partial charge in [0, 0.05) is 18.7 Å². The smallest absolute Gasteiger partial charge is 0.228 e. The maximum Gasteiger partial charge on any atom is 0.228 e. The summed E-state index contributed by atoms with van der Waals surface area (Å²) in [4.78, 5) is 8.71. The van der Waals surface area contributed by atoms with E-state index >= 15 is 0 Å². The van der Waals surface area contributed by atoms with Gasteiger partial charge >= 0.3 is 0 Å². The second-order valence-corrected chi connectivity index (χ2v) is 6.14. The summed E-state index contributed by atoms with van der Waals surface area (Å²) in [6.07, 6.45) is 2.46. The van der Waals surface area contributed by atoms with Gasteiger partial charge in [-0.3, -0.25) is 4.98 Å². The molecule has 20 heavy (non-hydrogen) atoms. The number of likely N-dealkylation sites (N-methyl/N-ethyl adjacent to an activating group) is 1. The lowest BCUT2D eigenvalue weighted by Crippen LogP contribution is -2.39. The zero-order valence-electron chi connectivity index (χ0n) is 12.8. The normalized spacial score (nSPS) is 13.4. The Bertz CT molecular complexity index is 571. The quantitative estimate of drug-likeness (QED) is 0.928. The van der Waals surface area contributed by atoms with E-state index in [0.717, 1.165) is 11.3 Å². The highest BCUT2D eigenvalue weighted by atomic mass is 16.5. The molecule has 0 spiro atoms. The molecule has 2 heterocycles. The molecule has 108 valence electrons. The molecule has 0 fully saturated rings. The van der Waals surface area contributed by atoms with Crippen molar-refractivity contribution < 1.29 is 4.52 Å². The molecule has 5 heteroatoms. The number of pyridine rings is 1. The third-order valence-electron chi connectivity index (χ3n) is 3.39. The molecule has 1 atom stereocenters. The summed E-state index contributed by atoms with van der Waals surface area (Å²) in [5.74, 6) is 1.19. The minimum Gasteiger partial charge on any atom is -0.339 e. The molecule has 0 saturated carbocycles. The van der Waals surface area contributed by atoms with Gasteiger partial charge in [0.1, 0.15) is 5.69 Å². The SMILES string of the molecule is CNC(Cc1nc(-c2cc(C)ccn2)no1)C(C)(C)C. The number of aromatic nitrogens is 3. The van der Waals surface area contributed by atoms with Crippen LogP contribution >= 0.6 is 0 Å². The van der Waals surface area contributed by atoms with Crippen molar-refractivity contribution in [1.82, 2.24) is 20.4 Å². The van der Waals surface area contributed by atoms with Crippen molar-refractivity contribution in [2.75, 3.05) is 7.05 Å². The number of hydrogen-bond acceptors (Lipinski definition) is 5. The van der Waals surface area contributed by atoms with E-state index in [2.05, 4.69) is 41.2 Å². The van der Waals surface area contributed by atoms with Crippen molar-refractivity contribution in [1.29, 1.82) is 0 Å². The summed E-state index contributed by atoms with van der Waals surface area (Å²) in [6, 6.07) is 4.18. The lowest BCUT2D eigenvalue weighted by Gasteiger charge is -2.29. The molecular weight excluding hydrogens is 252 g/mol. The fourth-order valence-corrected chi connectivity index (χ4v) is 2.12. The zero-order chi connectivity index (χ0) is 14.8. The highest BCUT2D eigenvalue weighted by Crippen LogP contribution is 2.22. The summed E-state index contributed by atoms with van der Waals surface area (Å²) in [5, 5.41) is 7.33. The van der Waals surface area contributed by atoms with Gasteiger partial charge < -0.3 is 9.84 Å². The molecule has 0 amide bonds. The van der Waals surface area contributed by atoms with Crippen molar-refractivity contribution >= 4 is 0 Å². The molecule has 1 N–H and O–H groups in total. The van der Waals surface area contributed by atoms with Gasteiger partial charge in [-0.15, -0.1) is 0 Å². The molecule has 0 saturated heterocycles. The fourth-order valence-electron chi connectivity index (χ4n) is 2.12. The van der Waals surface area contributed by atoms with Gasteiger partial charge in [-0.25, -0.2) is 0 Å². The fraction of sp³-hybridized carbons (Fsp3) is 0.533. The Morgan fingerprint density at radius 3 is 2.70 bits per heavy atom. The molecule has 0 aliphatic carbocycles. The molecule has 0 aliphatic rings. The van der Waals surface area contributed by atoms with Gasteiger partial charge in [-0.1, -0.05) is 25.9 Å². The van der Waals surface area contributed by atoms with Crippen LogP contribution in [0.2, 0.25) is 0 Å². The minimum atomic E-state index is 0.130. The minimum absolute atomic E-state index is 0.130. The maximum atomic E-state index is 5.35. The first-order chi connectivity index (χ1) is 9.40. The van der Waals surface area contributed by atoms with Crippen LogP contribution in [0.4, 0.5) is 0 Å². The molecular formula is C15H22N4O. The van der Waals surface area contributed by atoms with Crippen LogP contribution in [0, 0.1) is 12.3 Å². The van der Waals surface area contributed by atoms with Gasteiger partial charge in [0.15, 0.2) is 0 Å². The lowest BCUT2D eigenvalue weighted by atomic mass is 9.85. The van der Waals surface area contributed by atoms with E-state index in [4.69, 9.17) is 4.52 Å².